The largest absolute Gasteiger partial charge is 0.497 e. The molecule has 0 aromatic heterocycles. The second-order valence-corrected chi connectivity index (χ2v) is 6.79. The zero-order chi connectivity index (χ0) is 17.6. The van der Waals surface area contributed by atoms with Gasteiger partial charge in [-0.3, -0.25) is 9.69 Å². The molecule has 1 fully saturated rings. The third-order valence-corrected chi connectivity index (χ3v) is 4.93. The number of likely N-dealkylation sites (tertiary alicyclic amines) is 1. The van der Waals surface area contributed by atoms with Crippen molar-refractivity contribution in [2.75, 3.05) is 25.5 Å². The lowest BCUT2D eigenvalue weighted by atomic mass is 9.96. The predicted octanol–water partition coefficient (Wildman–Crippen LogP) is 4.20. The molecule has 5 heteroatoms. The summed E-state index contributed by atoms with van der Waals surface area (Å²) in [5.74, 6) is 0.793. The van der Waals surface area contributed by atoms with Crippen LogP contribution in [0.3, 0.4) is 0 Å². The number of hydrogen-bond donors (Lipinski definition) is 1. The summed E-state index contributed by atoms with van der Waals surface area (Å²) in [5, 5.41) is 3.79. The maximum absolute atomic E-state index is 12.6. The first kappa shape index (κ1) is 17.8. The molecule has 1 unspecified atom stereocenters. The fourth-order valence-corrected chi connectivity index (χ4v) is 3.42. The second-order valence-electron chi connectivity index (χ2n) is 6.39. The normalized spacial score (nSPS) is 17.9. The van der Waals surface area contributed by atoms with E-state index >= 15 is 0 Å². The van der Waals surface area contributed by atoms with Crippen molar-refractivity contribution in [3.05, 3.63) is 59.1 Å². The van der Waals surface area contributed by atoms with Gasteiger partial charge in [0.15, 0.2) is 0 Å². The number of amides is 1. The topological polar surface area (TPSA) is 41.6 Å². The minimum Gasteiger partial charge on any atom is -0.497 e. The van der Waals surface area contributed by atoms with E-state index in [0.717, 1.165) is 54.5 Å². The van der Waals surface area contributed by atoms with Gasteiger partial charge < -0.3 is 10.1 Å². The number of rotatable bonds is 5. The van der Waals surface area contributed by atoms with Crippen molar-refractivity contribution in [2.45, 2.75) is 19.4 Å². The number of ether oxygens (including phenoxy) is 1. The van der Waals surface area contributed by atoms with E-state index in [2.05, 4.69) is 10.2 Å². The molecule has 0 radical (unpaired) electrons. The van der Waals surface area contributed by atoms with Crippen molar-refractivity contribution in [2.24, 2.45) is 5.92 Å². The van der Waals surface area contributed by atoms with E-state index in [1.807, 2.05) is 48.5 Å². The van der Waals surface area contributed by atoms with E-state index in [1.54, 1.807) is 7.11 Å². The summed E-state index contributed by atoms with van der Waals surface area (Å²) in [6.07, 6.45) is 1.93. The third kappa shape index (κ3) is 4.74. The van der Waals surface area contributed by atoms with Crippen LogP contribution in [0.5, 0.6) is 5.75 Å². The van der Waals surface area contributed by atoms with Crippen LogP contribution in [-0.4, -0.2) is 31.0 Å². The summed E-state index contributed by atoms with van der Waals surface area (Å²) >= 11 is 6.26. The lowest BCUT2D eigenvalue weighted by Crippen LogP contribution is -2.40. The fraction of sp³-hybridized carbons (Fsp3) is 0.350. The highest BCUT2D eigenvalue weighted by molar-refractivity contribution is 6.31. The number of benzene rings is 2. The molecule has 1 amide bonds. The molecule has 4 nitrogen and oxygen atoms in total. The highest BCUT2D eigenvalue weighted by Crippen LogP contribution is 2.24. The molecule has 0 saturated carbocycles. The molecule has 2 aromatic carbocycles. The zero-order valence-electron chi connectivity index (χ0n) is 14.4. The van der Waals surface area contributed by atoms with E-state index in [-0.39, 0.29) is 11.8 Å². The van der Waals surface area contributed by atoms with E-state index in [9.17, 15) is 4.79 Å². The summed E-state index contributed by atoms with van der Waals surface area (Å²) in [4.78, 5) is 14.9. The first-order valence-corrected chi connectivity index (χ1v) is 8.94. The number of carbonyl (C=O) groups excluding carboxylic acids is 1. The SMILES string of the molecule is COc1cccc(NC(=O)C2CCCN(Cc3ccccc3Cl)C2)c1. The molecule has 3 rings (SSSR count). The maximum Gasteiger partial charge on any atom is 0.228 e. The average Bonchev–Trinajstić information content (AvgIpc) is 2.64. The van der Waals surface area contributed by atoms with Gasteiger partial charge in [-0.2, -0.15) is 0 Å². The fourth-order valence-electron chi connectivity index (χ4n) is 3.23. The van der Waals surface area contributed by atoms with Crippen molar-refractivity contribution in [3.63, 3.8) is 0 Å². The van der Waals surface area contributed by atoms with Crippen LogP contribution >= 0.6 is 11.6 Å². The number of carbonyl (C=O) groups is 1. The minimum atomic E-state index is -0.0116. The zero-order valence-corrected chi connectivity index (χ0v) is 15.1. The van der Waals surface area contributed by atoms with Crippen LogP contribution in [0.4, 0.5) is 5.69 Å². The molecule has 1 aliphatic heterocycles. The lowest BCUT2D eigenvalue weighted by molar-refractivity contribution is -0.121. The molecule has 0 spiro atoms. The van der Waals surface area contributed by atoms with E-state index in [1.165, 1.54) is 0 Å². The van der Waals surface area contributed by atoms with Gasteiger partial charge in [0, 0.05) is 29.9 Å². The third-order valence-electron chi connectivity index (χ3n) is 4.57. The molecule has 1 aliphatic rings. The molecule has 0 aliphatic carbocycles. The van der Waals surface area contributed by atoms with Gasteiger partial charge in [-0.15, -0.1) is 0 Å². The molecule has 1 N–H and O–H groups in total. The number of halogens is 1. The van der Waals surface area contributed by atoms with Crippen LogP contribution < -0.4 is 10.1 Å². The highest BCUT2D eigenvalue weighted by Gasteiger charge is 2.26. The van der Waals surface area contributed by atoms with Crippen LogP contribution in [0.1, 0.15) is 18.4 Å². The second kappa shape index (κ2) is 8.37. The molecule has 1 saturated heterocycles. The summed E-state index contributed by atoms with van der Waals surface area (Å²) < 4.78 is 5.20. The number of nitrogens with one attached hydrogen (secondary N) is 1. The summed E-state index contributed by atoms with van der Waals surface area (Å²) in [5.41, 5.74) is 1.88. The molecular formula is C20H23ClN2O2. The maximum atomic E-state index is 12.6. The quantitative estimate of drug-likeness (QED) is 0.870. The van der Waals surface area contributed by atoms with E-state index in [4.69, 9.17) is 16.3 Å². The molecule has 1 heterocycles. The van der Waals surface area contributed by atoms with E-state index < -0.39 is 0 Å². The lowest BCUT2D eigenvalue weighted by Gasteiger charge is -2.32. The van der Waals surface area contributed by atoms with Gasteiger partial charge >= 0.3 is 0 Å². The van der Waals surface area contributed by atoms with Crippen LogP contribution in [0, 0.1) is 5.92 Å². The predicted molar refractivity (Wildman–Crippen MR) is 101 cm³/mol. The first-order valence-electron chi connectivity index (χ1n) is 8.56. The first-order chi connectivity index (χ1) is 12.2. The van der Waals surface area contributed by atoms with Crippen LogP contribution in [0.2, 0.25) is 5.02 Å². The molecule has 132 valence electrons. The van der Waals surface area contributed by atoms with Crippen molar-refractivity contribution in [3.8, 4) is 5.75 Å². The highest BCUT2D eigenvalue weighted by atomic mass is 35.5. The van der Waals surface area contributed by atoms with Gasteiger partial charge in [-0.05, 0) is 43.1 Å². The standard InChI is InChI=1S/C20H23ClN2O2/c1-25-18-9-4-8-17(12-18)22-20(24)16-7-5-11-23(14-16)13-15-6-2-3-10-19(15)21/h2-4,6,8-10,12,16H,5,7,11,13-14H2,1H3,(H,22,24). The Kier molecular flexibility index (Phi) is 5.95. The Morgan fingerprint density at radius 3 is 2.92 bits per heavy atom. The molecular weight excluding hydrogens is 336 g/mol. The van der Waals surface area contributed by atoms with Crippen molar-refractivity contribution in [1.29, 1.82) is 0 Å². The Morgan fingerprint density at radius 2 is 2.12 bits per heavy atom. The van der Waals surface area contributed by atoms with Gasteiger partial charge in [-0.25, -0.2) is 0 Å². The van der Waals surface area contributed by atoms with Gasteiger partial charge in [0.2, 0.25) is 5.91 Å². The van der Waals surface area contributed by atoms with Crippen LogP contribution in [0.15, 0.2) is 48.5 Å². The molecule has 0 bridgehead atoms. The Hall–Kier alpha value is -2.04. The summed E-state index contributed by atoms with van der Waals surface area (Å²) in [6.45, 7) is 2.53. The summed E-state index contributed by atoms with van der Waals surface area (Å²) in [6, 6.07) is 15.3. The van der Waals surface area contributed by atoms with Gasteiger partial charge in [0.1, 0.15) is 5.75 Å². The molecule has 1 atom stereocenters. The number of anilines is 1. The monoisotopic (exact) mass is 358 g/mol. The van der Waals surface area contributed by atoms with Gasteiger partial charge in [-0.1, -0.05) is 35.9 Å². The Labute approximate surface area is 153 Å². The Bertz CT molecular complexity index is 735. The number of hydrogen-bond acceptors (Lipinski definition) is 3. The molecule has 25 heavy (non-hydrogen) atoms. The average molecular weight is 359 g/mol. The molecule has 2 aromatic rings. The van der Waals surface area contributed by atoms with Crippen molar-refractivity contribution in [1.82, 2.24) is 4.90 Å². The Morgan fingerprint density at radius 1 is 1.28 bits per heavy atom. The van der Waals surface area contributed by atoms with E-state index in [0.29, 0.717) is 0 Å². The minimum absolute atomic E-state index is 0.0116. The summed E-state index contributed by atoms with van der Waals surface area (Å²) in [7, 11) is 1.62. The van der Waals surface area contributed by atoms with Gasteiger partial charge in [0.05, 0.1) is 13.0 Å². The smallest absolute Gasteiger partial charge is 0.228 e. The van der Waals surface area contributed by atoms with Crippen LogP contribution in [-0.2, 0) is 11.3 Å². The van der Waals surface area contributed by atoms with Crippen molar-refractivity contribution < 1.29 is 9.53 Å². The van der Waals surface area contributed by atoms with Crippen LogP contribution in [0.25, 0.3) is 0 Å². The number of piperidine rings is 1. The Balaban J connectivity index is 1.60. The number of nitrogens with zero attached hydrogens (tertiary/aromatic N) is 1. The van der Waals surface area contributed by atoms with Crippen molar-refractivity contribution >= 4 is 23.2 Å². The van der Waals surface area contributed by atoms with Gasteiger partial charge in [0.25, 0.3) is 0 Å². The number of methoxy groups -OCH3 is 1.